The van der Waals surface area contributed by atoms with Gasteiger partial charge in [0.15, 0.2) is 0 Å². The predicted molar refractivity (Wildman–Crippen MR) is 77.2 cm³/mol. The van der Waals surface area contributed by atoms with Crippen LogP contribution in [0.5, 0.6) is 0 Å². The summed E-state index contributed by atoms with van der Waals surface area (Å²) in [6.45, 7) is 4.41. The van der Waals surface area contributed by atoms with Gasteiger partial charge in [-0.2, -0.15) is 0 Å². The number of hydrogen-bond donors (Lipinski definition) is 2. The minimum absolute atomic E-state index is 0.0706. The summed E-state index contributed by atoms with van der Waals surface area (Å²) in [7, 11) is -3.19. The van der Waals surface area contributed by atoms with Crippen LogP contribution in [0.25, 0.3) is 0 Å². The zero-order valence-corrected chi connectivity index (χ0v) is 12.2. The monoisotopic (exact) mass is 282 g/mol. The van der Waals surface area contributed by atoms with Crippen LogP contribution >= 0.6 is 0 Å². The van der Waals surface area contributed by atoms with Gasteiger partial charge in [-0.05, 0) is 36.4 Å². The van der Waals surface area contributed by atoms with E-state index >= 15 is 0 Å². The summed E-state index contributed by atoms with van der Waals surface area (Å²) < 4.78 is 26.4. The molecule has 1 fully saturated rings. The molecule has 1 aromatic carbocycles. The number of rotatable bonds is 8. The lowest BCUT2D eigenvalue weighted by molar-refractivity contribution is 0.576. The van der Waals surface area contributed by atoms with Gasteiger partial charge < -0.3 is 5.32 Å². The zero-order chi connectivity index (χ0) is 13.7. The lowest BCUT2D eigenvalue weighted by Crippen LogP contribution is -2.27. The van der Waals surface area contributed by atoms with Crippen LogP contribution in [0.2, 0.25) is 0 Å². The van der Waals surface area contributed by atoms with Gasteiger partial charge in [-0.25, -0.2) is 13.1 Å². The third-order valence-corrected chi connectivity index (χ3v) is 4.57. The van der Waals surface area contributed by atoms with Crippen molar-refractivity contribution >= 4 is 10.0 Å². The Morgan fingerprint density at radius 3 is 2.37 bits per heavy atom. The summed E-state index contributed by atoms with van der Waals surface area (Å²) >= 11 is 0. The molecule has 1 aliphatic carbocycles. The topological polar surface area (TPSA) is 58.2 Å². The van der Waals surface area contributed by atoms with Gasteiger partial charge in [0.2, 0.25) is 10.0 Å². The molecule has 0 amide bonds. The standard InChI is InChI=1S/C14H22N2O2S/c1-2-15-9-12-5-7-14(8-6-12)11-19(17,18)16-10-13-3-4-13/h5-8,13,15-16H,2-4,9-11H2,1H3. The number of hydrogen-bond acceptors (Lipinski definition) is 3. The molecule has 0 radical (unpaired) electrons. The third-order valence-electron chi connectivity index (χ3n) is 3.25. The van der Waals surface area contributed by atoms with Crippen LogP contribution in [0, 0.1) is 5.92 Å². The number of benzene rings is 1. The second-order valence-electron chi connectivity index (χ2n) is 5.15. The Balaban J connectivity index is 1.86. The van der Waals surface area contributed by atoms with Crippen LogP contribution in [-0.2, 0) is 22.3 Å². The van der Waals surface area contributed by atoms with E-state index in [-0.39, 0.29) is 5.75 Å². The van der Waals surface area contributed by atoms with Crippen molar-refractivity contribution in [2.24, 2.45) is 5.92 Å². The average Bonchev–Trinajstić information content (AvgIpc) is 3.19. The Kier molecular flexibility index (Phi) is 4.96. The van der Waals surface area contributed by atoms with Crippen LogP contribution in [0.4, 0.5) is 0 Å². The highest BCUT2D eigenvalue weighted by Crippen LogP contribution is 2.27. The quantitative estimate of drug-likeness (QED) is 0.762. The fourth-order valence-electron chi connectivity index (χ4n) is 1.86. The first-order valence-electron chi connectivity index (χ1n) is 6.85. The largest absolute Gasteiger partial charge is 0.313 e. The van der Waals surface area contributed by atoms with Crippen LogP contribution in [-0.4, -0.2) is 21.5 Å². The SMILES string of the molecule is CCNCc1ccc(CS(=O)(=O)NCC2CC2)cc1. The van der Waals surface area contributed by atoms with Gasteiger partial charge >= 0.3 is 0 Å². The highest BCUT2D eigenvalue weighted by molar-refractivity contribution is 7.88. The third kappa shape index (κ3) is 5.30. The Hall–Kier alpha value is -0.910. The fraction of sp³-hybridized carbons (Fsp3) is 0.571. The lowest BCUT2D eigenvalue weighted by atomic mass is 10.1. The maximum absolute atomic E-state index is 11.9. The second-order valence-corrected chi connectivity index (χ2v) is 6.95. The van der Waals surface area contributed by atoms with Crippen LogP contribution < -0.4 is 10.0 Å². The summed E-state index contributed by atoms with van der Waals surface area (Å²) in [5, 5.41) is 3.24. The lowest BCUT2D eigenvalue weighted by Gasteiger charge is -2.07. The highest BCUT2D eigenvalue weighted by atomic mass is 32.2. The Bertz CT molecular complexity index is 493. The number of sulfonamides is 1. The van der Waals surface area contributed by atoms with Gasteiger partial charge in [0.1, 0.15) is 0 Å². The molecule has 106 valence electrons. The molecule has 1 aliphatic rings. The van der Waals surface area contributed by atoms with E-state index in [2.05, 4.69) is 17.0 Å². The molecule has 0 bridgehead atoms. The van der Waals surface area contributed by atoms with Crippen molar-refractivity contribution in [2.75, 3.05) is 13.1 Å². The van der Waals surface area contributed by atoms with Gasteiger partial charge in [-0.15, -0.1) is 0 Å². The van der Waals surface area contributed by atoms with Crippen molar-refractivity contribution < 1.29 is 8.42 Å². The predicted octanol–water partition coefficient (Wildman–Crippen LogP) is 1.63. The van der Waals surface area contributed by atoms with Crippen molar-refractivity contribution in [2.45, 2.75) is 32.1 Å². The molecular formula is C14H22N2O2S. The van der Waals surface area contributed by atoms with E-state index in [1.54, 1.807) is 0 Å². The van der Waals surface area contributed by atoms with E-state index in [0.29, 0.717) is 12.5 Å². The van der Waals surface area contributed by atoms with Crippen LogP contribution in [0.1, 0.15) is 30.9 Å². The van der Waals surface area contributed by atoms with Crippen molar-refractivity contribution in [3.05, 3.63) is 35.4 Å². The minimum atomic E-state index is -3.19. The summed E-state index contributed by atoms with van der Waals surface area (Å²) in [6, 6.07) is 7.74. The van der Waals surface area contributed by atoms with Gasteiger partial charge in [0.25, 0.3) is 0 Å². The van der Waals surface area contributed by atoms with E-state index in [4.69, 9.17) is 0 Å². The van der Waals surface area contributed by atoms with Crippen LogP contribution in [0.15, 0.2) is 24.3 Å². The molecule has 2 N–H and O–H groups in total. The van der Waals surface area contributed by atoms with E-state index < -0.39 is 10.0 Å². The molecule has 1 saturated carbocycles. The summed E-state index contributed by atoms with van der Waals surface area (Å²) in [5.74, 6) is 0.638. The maximum Gasteiger partial charge on any atom is 0.215 e. The molecule has 0 saturated heterocycles. The summed E-state index contributed by atoms with van der Waals surface area (Å²) in [6.07, 6.45) is 2.31. The molecule has 0 unspecified atom stereocenters. The van der Waals surface area contributed by atoms with Gasteiger partial charge in [0, 0.05) is 13.1 Å². The Labute approximate surface area is 115 Å². The molecule has 19 heavy (non-hydrogen) atoms. The Morgan fingerprint density at radius 1 is 1.16 bits per heavy atom. The average molecular weight is 282 g/mol. The first-order valence-corrected chi connectivity index (χ1v) is 8.50. The van der Waals surface area contributed by atoms with Gasteiger partial charge in [-0.3, -0.25) is 0 Å². The normalized spacial score (nSPS) is 15.6. The van der Waals surface area contributed by atoms with Crippen molar-refractivity contribution in [3.63, 3.8) is 0 Å². The molecule has 0 aromatic heterocycles. The second kappa shape index (κ2) is 6.50. The van der Waals surface area contributed by atoms with E-state index in [0.717, 1.165) is 31.5 Å². The molecule has 0 heterocycles. The Morgan fingerprint density at radius 2 is 1.79 bits per heavy atom. The summed E-state index contributed by atoms with van der Waals surface area (Å²) in [5.41, 5.74) is 2.01. The van der Waals surface area contributed by atoms with E-state index in [1.165, 1.54) is 5.56 Å². The fourth-order valence-corrected chi connectivity index (χ4v) is 3.08. The van der Waals surface area contributed by atoms with Crippen molar-refractivity contribution in [1.82, 2.24) is 10.0 Å². The molecule has 0 atom stereocenters. The van der Waals surface area contributed by atoms with E-state index in [9.17, 15) is 8.42 Å². The molecular weight excluding hydrogens is 260 g/mol. The zero-order valence-electron chi connectivity index (χ0n) is 11.4. The summed E-state index contributed by atoms with van der Waals surface area (Å²) in [4.78, 5) is 0. The first-order chi connectivity index (χ1) is 9.09. The molecule has 2 rings (SSSR count). The molecule has 4 nitrogen and oxygen atoms in total. The van der Waals surface area contributed by atoms with E-state index in [1.807, 2.05) is 24.3 Å². The van der Waals surface area contributed by atoms with Gasteiger partial charge in [-0.1, -0.05) is 31.2 Å². The first kappa shape index (κ1) is 14.5. The molecule has 5 heteroatoms. The van der Waals surface area contributed by atoms with Crippen molar-refractivity contribution in [1.29, 1.82) is 0 Å². The van der Waals surface area contributed by atoms with Gasteiger partial charge in [0.05, 0.1) is 5.75 Å². The maximum atomic E-state index is 11.9. The van der Waals surface area contributed by atoms with Crippen LogP contribution in [0.3, 0.4) is 0 Å². The van der Waals surface area contributed by atoms with Crippen molar-refractivity contribution in [3.8, 4) is 0 Å². The molecule has 1 aromatic rings. The minimum Gasteiger partial charge on any atom is -0.313 e. The molecule has 0 spiro atoms. The number of nitrogens with one attached hydrogen (secondary N) is 2. The highest BCUT2D eigenvalue weighted by Gasteiger charge is 2.23. The smallest absolute Gasteiger partial charge is 0.215 e. The molecule has 0 aliphatic heterocycles.